The maximum atomic E-state index is 12.3. The molecule has 0 spiro atoms. The Kier molecular flexibility index (Phi) is 4.04. The van der Waals surface area contributed by atoms with Crippen molar-refractivity contribution < 1.29 is 14.7 Å². The van der Waals surface area contributed by atoms with Gasteiger partial charge in [0.1, 0.15) is 0 Å². The van der Waals surface area contributed by atoms with Gasteiger partial charge >= 0.3 is 5.97 Å². The van der Waals surface area contributed by atoms with Crippen LogP contribution in [0.15, 0.2) is 18.2 Å². The standard InChI is InChI=1S/C14H17NO3S/c1-9(10-3-4-10)15(2)14(18)12-7-5-11(19-12)6-8-13(16)17/h5-10H,3-4H2,1-2H3,(H,16,17)/b8-6+. The van der Waals surface area contributed by atoms with Gasteiger partial charge < -0.3 is 10.0 Å². The topological polar surface area (TPSA) is 57.6 Å². The number of nitrogens with zero attached hydrogens (tertiary/aromatic N) is 1. The van der Waals surface area contributed by atoms with Crippen LogP contribution in [0.5, 0.6) is 0 Å². The highest BCUT2D eigenvalue weighted by Crippen LogP contribution is 2.35. The number of carbonyl (C=O) groups is 2. The summed E-state index contributed by atoms with van der Waals surface area (Å²) in [6.07, 6.45) is 5.00. The molecule has 0 aromatic carbocycles. The maximum Gasteiger partial charge on any atom is 0.328 e. The maximum absolute atomic E-state index is 12.3. The van der Waals surface area contributed by atoms with Crippen LogP contribution in [0.2, 0.25) is 0 Å². The molecule has 2 rings (SSSR count). The zero-order chi connectivity index (χ0) is 14.0. The van der Waals surface area contributed by atoms with Gasteiger partial charge in [0.25, 0.3) is 5.91 Å². The largest absolute Gasteiger partial charge is 0.478 e. The van der Waals surface area contributed by atoms with Crippen LogP contribution in [0.25, 0.3) is 6.08 Å². The number of aliphatic carboxylic acids is 1. The molecule has 102 valence electrons. The molecule has 0 bridgehead atoms. The molecule has 1 aliphatic carbocycles. The van der Waals surface area contributed by atoms with E-state index in [1.807, 2.05) is 7.05 Å². The van der Waals surface area contributed by atoms with E-state index in [0.29, 0.717) is 10.8 Å². The SMILES string of the molecule is CC(C1CC1)N(C)C(=O)c1ccc(/C=C/C(=O)O)s1. The lowest BCUT2D eigenvalue weighted by atomic mass is 10.2. The second-order valence-electron chi connectivity index (χ2n) is 4.87. The highest BCUT2D eigenvalue weighted by molar-refractivity contribution is 7.14. The van der Waals surface area contributed by atoms with E-state index in [1.165, 1.54) is 30.3 Å². The second-order valence-corrected chi connectivity index (χ2v) is 5.98. The average Bonchev–Trinajstić information content (AvgIpc) is 3.12. The van der Waals surface area contributed by atoms with Crippen molar-refractivity contribution in [3.63, 3.8) is 0 Å². The third-order valence-electron chi connectivity index (χ3n) is 3.46. The molecule has 0 radical (unpaired) electrons. The van der Waals surface area contributed by atoms with E-state index >= 15 is 0 Å². The lowest BCUT2D eigenvalue weighted by molar-refractivity contribution is -0.131. The third kappa shape index (κ3) is 3.44. The molecule has 1 N–H and O–H groups in total. The van der Waals surface area contributed by atoms with Crippen molar-refractivity contribution in [1.29, 1.82) is 0 Å². The van der Waals surface area contributed by atoms with Crippen molar-refractivity contribution in [2.24, 2.45) is 5.92 Å². The normalized spacial score (nSPS) is 16.5. The minimum Gasteiger partial charge on any atom is -0.478 e. The first-order chi connectivity index (χ1) is 8.99. The minimum atomic E-state index is -0.985. The Morgan fingerprint density at radius 2 is 2.16 bits per heavy atom. The van der Waals surface area contributed by atoms with E-state index in [2.05, 4.69) is 6.92 Å². The molecule has 5 heteroatoms. The fourth-order valence-electron chi connectivity index (χ4n) is 1.96. The quantitative estimate of drug-likeness (QED) is 0.843. The summed E-state index contributed by atoms with van der Waals surface area (Å²) in [4.78, 5) is 25.9. The van der Waals surface area contributed by atoms with Gasteiger partial charge in [0.15, 0.2) is 0 Å². The monoisotopic (exact) mass is 279 g/mol. The summed E-state index contributed by atoms with van der Waals surface area (Å²) in [5.41, 5.74) is 0. The van der Waals surface area contributed by atoms with Crippen molar-refractivity contribution in [3.8, 4) is 0 Å². The predicted octanol–water partition coefficient (Wildman–Crippen LogP) is 2.72. The van der Waals surface area contributed by atoms with Gasteiger partial charge in [0, 0.05) is 24.0 Å². The highest BCUT2D eigenvalue weighted by Gasteiger charge is 2.32. The molecular weight excluding hydrogens is 262 g/mol. The van der Waals surface area contributed by atoms with E-state index < -0.39 is 5.97 Å². The van der Waals surface area contributed by atoms with Gasteiger partial charge in [-0.3, -0.25) is 4.79 Å². The first kappa shape index (κ1) is 13.8. The Balaban J connectivity index is 2.04. The molecule has 1 aromatic rings. The Bertz CT molecular complexity index is 517. The summed E-state index contributed by atoms with van der Waals surface area (Å²) in [5, 5.41) is 8.56. The summed E-state index contributed by atoms with van der Waals surface area (Å²) in [6.45, 7) is 2.08. The molecule has 0 aliphatic heterocycles. The van der Waals surface area contributed by atoms with Crippen molar-refractivity contribution in [1.82, 2.24) is 4.90 Å². The Hall–Kier alpha value is -1.62. The van der Waals surface area contributed by atoms with Gasteiger partial charge in [0.2, 0.25) is 0 Å². The average molecular weight is 279 g/mol. The fraction of sp³-hybridized carbons (Fsp3) is 0.429. The predicted molar refractivity (Wildman–Crippen MR) is 75.3 cm³/mol. The summed E-state index contributed by atoms with van der Waals surface area (Å²) in [7, 11) is 1.83. The van der Waals surface area contributed by atoms with Crippen LogP contribution in [-0.2, 0) is 4.79 Å². The van der Waals surface area contributed by atoms with Crippen molar-refractivity contribution in [3.05, 3.63) is 28.0 Å². The highest BCUT2D eigenvalue weighted by atomic mass is 32.1. The van der Waals surface area contributed by atoms with Crippen molar-refractivity contribution >= 4 is 29.3 Å². The van der Waals surface area contributed by atoms with Gasteiger partial charge in [0.05, 0.1) is 4.88 Å². The van der Waals surface area contributed by atoms with Crippen LogP contribution in [-0.4, -0.2) is 35.0 Å². The Morgan fingerprint density at radius 3 is 2.74 bits per heavy atom. The van der Waals surface area contributed by atoms with Gasteiger partial charge in [-0.25, -0.2) is 4.79 Å². The van der Waals surface area contributed by atoms with Crippen molar-refractivity contribution in [2.45, 2.75) is 25.8 Å². The van der Waals surface area contributed by atoms with Crippen LogP contribution in [0.3, 0.4) is 0 Å². The van der Waals surface area contributed by atoms with E-state index in [9.17, 15) is 9.59 Å². The zero-order valence-electron chi connectivity index (χ0n) is 11.0. The number of carboxylic acid groups (broad SMARTS) is 1. The number of amides is 1. The van der Waals surface area contributed by atoms with E-state index in [-0.39, 0.29) is 11.9 Å². The zero-order valence-corrected chi connectivity index (χ0v) is 11.8. The molecule has 0 saturated heterocycles. The Labute approximate surface area is 116 Å². The van der Waals surface area contributed by atoms with Crippen LogP contribution < -0.4 is 0 Å². The number of thiophene rings is 1. The molecular formula is C14H17NO3S. The van der Waals surface area contributed by atoms with Crippen LogP contribution >= 0.6 is 11.3 Å². The third-order valence-corrected chi connectivity index (χ3v) is 4.50. The first-order valence-corrected chi connectivity index (χ1v) is 7.08. The first-order valence-electron chi connectivity index (χ1n) is 6.27. The lowest BCUT2D eigenvalue weighted by Crippen LogP contribution is -2.35. The lowest BCUT2D eigenvalue weighted by Gasteiger charge is -2.24. The second kappa shape index (κ2) is 5.57. The van der Waals surface area contributed by atoms with Gasteiger partial charge in [-0.15, -0.1) is 11.3 Å². The molecule has 1 saturated carbocycles. The van der Waals surface area contributed by atoms with Gasteiger partial charge in [-0.05, 0) is 43.9 Å². The molecule has 1 amide bonds. The smallest absolute Gasteiger partial charge is 0.328 e. The number of rotatable bonds is 5. The molecule has 1 unspecified atom stereocenters. The van der Waals surface area contributed by atoms with E-state index in [1.54, 1.807) is 17.0 Å². The number of hydrogen-bond acceptors (Lipinski definition) is 3. The molecule has 1 aromatic heterocycles. The van der Waals surface area contributed by atoms with Gasteiger partial charge in [-0.1, -0.05) is 0 Å². The fourth-order valence-corrected chi connectivity index (χ4v) is 2.86. The molecule has 19 heavy (non-hydrogen) atoms. The summed E-state index contributed by atoms with van der Waals surface area (Å²) in [5.74, 6) is -0.333. The molecule has 4 nitrogen and oxygen atoms in total. The number of carbonyl (C=O) groups excluding carboxylic acids is 1. The van der Waals surface area contributed by atoms with Crippen molar-refractivity contribution in [2.75, 3.05) is 7.05 Å². The van der Waals surface area contributed by atoms with E-state index in [0.717, 1.165) is 11.0 Å². The summed E-state index contributed by atoms with van der Waals surface area (Å²) in [6, 6.07) is 3.80. The van der Waals surface area contributed by atoms with Crippen LogP contribution in [0.1, 0.15) is 34.3 Å². The molecule has 1 heterocycles. The minimum absolute atomic E-state index is 0.0133. The molecule has 1 aliphatic rings. The van der Waals surface area contributed by atoms with Gasteiger partial charge in [-0.2, -0.15) is 0 Å². The Morgan fingerprint density at radius 1 is 1.47 bits per heavy atom. The van der Waals surface area contributed by atoms with E-state index in [4.69, 9.17) is 5.11 Å². The number of hydrogen-bond donors (Lipinski definition) is 1. The van der Waals surface area contributed by atoms with Crippen LogP contribution in [0.4, 0.5) is 0 Å². The molecule has 1 atom stereocenters. The summed E-state index contributed by atoms with van der Waals surface area (Å²) < 4.78 is 0. The number of carboxylic acids is 1. The van der Waals surface area contributed by atoms with Crippen LogP contribution in [0, 0.1) is 5.92 Å². The summed E-state index contributed by atoms with van der Waals surface area (Å²) >= 11 is 1.32. The molecule has 1 fully saturated rings.